The molecular weight excluding hydrogens is 437 g/mol. The van der Waals surface area contributed by atoms with Crippen LogP contribution in [-0.2, 0) is 17.5 Å². The topological polar surface area (TPSA) is 70.4 Å². The van der Waals surface area contributed by atoms with Crippen molar-refractivity contribution in [2.24, 2.45) is 0 Å². The first-order chi connectivity index (χ1) is 14.7. The van der Waals surface area contributed by atoms with Crippen LogP contribution in [0, 0.1) is 0 Å². The second-order valence-electron chi connectivity index (χ2n) is 6.26. The van der Waals surface area contributed by atoms with E-state index >= 15 is 0 Å². The van der Waals surface area contributed by atoms with Crippen molar-refractivity contribution in [2.45, 2.75) is 19.7 Å². The fourth-order valence-corrected chi connectivity index (χ4v) is 2.85. The molecule has 10 heteroatoms. The van der Waals surface area contributed by atoms with E-state index in [-0.39, 0.29) is 35.4 Å². The second kappa shape index (κ2) is 9.22. The minimum atomic E-state index is -4.45. The summed E-state index contributed by atoms with van der Waals surface area (Å²) in [4.78, 5) is 24.9. The van der Waals surface area contributed by atoms with Gasteiger partial charge in [-0.2, -0.15) is 23.0 Å². The molecule has 0 aliphatic carbocycles. The zero-order chi connectivity index (χ0) is 22.6. The molecular formula is C21H16ClF3N2O4. The maximum atomic E-state index is 12.7. The Morgan fingerprint density at radius 1 is 1.13 bits per heavy atom. The van der Waals surface area contributed by atoms with Gasteiger partial charge in [0.25, 0.3) is 5.56 Å². The van der Waals surface area contributed by atoms with Crippen LogP contribution in [0.3, 0.4) is 0 Å². The van der Waals surface area contributed by atoms with Crippen LogP contribution in [0.5, 0.6) is 5.75 Å². The van der Waals surface area contributed by atoms with Crippen LogP contribution in [-0.4, -0.2) is 22.4 Å². The average Bonchev–Trinajstić information content (AvgIpc) is 2.73. The summed E-state index contributed by atoms with van der Waals surface area (Å²) in [5, 5.41) is 4.29. The van der Waals surface area contributed by atoms with Crippen LogP contribution in [0.15, 0.2) is 59.4 Å². The fourth-order valence-electron chi connectivity index (χ4n) is 2.64. The van der Waals surface area contributed by atoms with Gasteiger partial charge in [0.2, 0.25) is 5.69 Å². The first-order valence-corrected chi connectivity index (χ1v) is 9.44. The zero-order valence-electron chi connectivity index (χ0n) is 16.1. The van der Waals surface area contributed by atoms with Crippen LogP contribution in [0.1, 0.15) is 28.5 Å². The van der Waals surface area contributed by atoms with Gasteiger partial charge in [0.15, 0.2) is 5.75 Å². The number of hydrogen-bond acceptors (Lipinski definition) is 5. The largest absolute Gasteiger partial charge is 0.486 e. The summed E-state index contributed by atoms with van der Waals surface area (Å²) >= 11 is 6.12. The van der Waals surface area contributed by atoms with E-state index in [2.05, 4.69) is 5.10 Å². The van der Waals surface area contributed by atoms with Gasteiger partial charge in [-0.3, -0.25) is 4.79 Å². The molecule has 0 spiro atoms. The molecule has 0 saturated heterocycles. The minimum Gasteiger partial charge on any atom is -0.486 e. The van der Waals surface area contributed by atoms with Crippen LogP contribution >= 0.6 is 11.6 Å². The fraction of sp³-hybridized carbons (Fsp3) is 0.190. The molecule has 0 unspecified atom stereocenters. The number of rotatable bonds is 6. The molecule has 0 aliphatic rings. The standard InChI is InChI=1S/C21H16ClF3N2O4/c1-2-30-20(29)19-17(31-12-13-7-9-14(10-8-13)21(23,24)25)11-18(28)27(26-19)16-6-4-3-5-15(16)22/h3-11H,2,12H2,1H3. The van der Waals surface area contributed by atoms with Gasteiger partial charge in [0.05, 0.1) is 28.9 Å². The third-order valence-electron chi connectivity index (χ3n) is 4.12. The Balaban J connectivity index is 1.94. The highest BCUT2D eigenvalue weighted by atomic mass is 35.5. The van der Waals surface area contributed by atoms with Gasteiger partial charge in [-0.1, -0.05) is 35.9 Å². The van der Waals surface area contributed by atoms with Crippen molar-refractivity contribution in [1.82, 2.24) is 9.78 Å². The predicted molar refractivity (Wildman–Crippen MR) is 107 cm³/mol. The Morgan fingerprint density at radius 2 is 1.81 bits per heavy atom. The molecule has 3 rings (SSSR count). The summed E-state index contributed by atoms with van der Waals surface area (Å²) < 4.78 is 49.5. The number of benzene rings is 2. The highest BCUT2D eigenvalue weighted by Gasteiger charge is 2.30. The van der Waals surface area contributed by atoms with Gasteiger partial charge in [-0.25, -0.2) is 4.79 Å². The molecule has 0 radical (unpaired) electrons. The summed E-state index contributed by atoms with van der Waals surface area (Å²) in [5.74, 6) is -0.989. The third kappa shape index (κ3) is 5.24. The average molecular weight is 453 g/mol. The molecule has 6 nitrogen and oxygen atoms in total. The number of aromatic nitrogens is 2. The summed E-state index contributed by atoms with van der Waals surface area (Å²) in [6.45, 7) is 1.47. The van der Waals surface area contributed by atoms with E-state index < -0.39 is 23.3 Å². The molecule has 31 heavy (non-hydrogen) atoms. The number of carbonyl (C=O) groups excluding carboxylic acids is 1. The second-order valence-corrected chi connectivity index (χ2v) is 6.67. The molecule has 0 bridgehead atoms. The summed E-state index contributed by atoms with van der Waals surface area (Å²) in [6.07, 6.45) is -4.45. The van der Waals surface area contributed by atoms with Crippen molar-refractivity contribution < 1.29 is 27.4 Å². The number of alkyl halides is 3. The lowest BCUT2D eigenvalue weighted by Gasteiger charge is -2.13. The highest BCUT2D eigenvalue weighted by Crippen LogP contribution is 2.29. The van der Waals surface area contributed by atoms with E-state index in [9.17, 15) is 22.8 Å². The lowest BCUT2D eigenvalue weighted by molar-refractivity contribution is -0.137. The molecule has 2 aromatic carbocycles. The van der Waals surface area contributed by atoms with E-state index in [1.807, 2.05) is 0 Å². The van der Waals surface area contributed by atoms with Crippen LogP contribution in [0.4, 0.5) is 13.2 Å². The number of hydrogen-bond donors (Lipinski definition) is 0. The molecule has 0 N–H and O–H groups in total. The summed E-state index contributed by atoms with van der Waals surface area (Å²) in [5.41, 5.74) is -1.03. The summed E-state index contributed by atoms with van der Waals surface area (Å²) in [7, 11) is 0. The molecule has 0 atom stereocenters. The summed E-state index contributed by atoms with van der Waals surface area (Å²) in [6, 6.07) is 11.8. The monoisotopic (exact) mass is 452 g/mol. The van der Waals surface area contributed by atoms with E-state index in [1.54, 1.807) is 31.2 Å². The molecule has 162 valence electrons. The predicted octanol–water partition coefficient (Wildman–Crippen LogP) is 4.66. The first kappa shape index (κ1) is 22.4. The maximum Gasteiger partial charge on any atom is 0.416 e. The molecule has 0 saturated carbocycles. The first-order valence-electron chi connectivity index (χ1n) is 9.06. The van der Waals surface area contributed by atoms with Crippen LogP contribution < -0.4 is 10.3 Å². The Bertz CT molecular complexity index is 1140. The van der Waals surface area contributed by atoms with Crippen LogP contribution in [0.2, 0.25) is 5.02 Å². The van der Waals surface area contributed by atoms with E-state index in [1.165, 1.54) is 12.1 Å². The Labute approximate surface area is 179 Å². The number of nitrogens with zero attached hydrogens (tertiary/aromatic N) is 2. The molecule has 3 aromatic rings. The zero-order valence-corrected chi connectivity index (χ0v) is 16.9. The van der Waals surface area contributed by atoms with Gasteiger partial charge < -0.3 is 9.47 Å². The van der Waals surface area contributed by atoms with Crippen LogP contribution in [0.25, 0.3) is 5.69 Å². The SMILES string of the molecule is CCOC(=O)c1nn(-c2ccccc2Cl)c(=O)cc1OCc1ccc(C(F)(F)F)cc1. The Kier molecular flexibility index (Phi) is 6.65. The lowest BCUT2D eigenvalue weighted by atomic mass is 10.1. The number of carbonyl (C=O) groups is 1. The van der Waals surface area contributed by atoms with E-state index in [4.69, 9.17) is 21.1 Å². The number of esters is 1. The van der Waals surface area contributed by atoms with Gasteiger partial charge in [-0.15, -0.1) is 0 Å². The molecule has 0 fully saturated rings. The normalized spacial score (nSPS) is 11.3. The minimum absolute atomic E-state index is 0.0596. The van der Waals surface area contributed by atoms with Gasteiger partial charge in [-0.05, 0) is 36.8 Å². The van der Waals surface area contributed by atoms with Gasteiger partial charge in [0.1, 0.15) is 6.61 Å². The molecule has 0 amide bonds. The third-order valence-corrected chi connectivity index (χ3v) is 4.44. The number of ether oxygens (including phenoxy) is 2. The van der Waals surface area contributed by atoms with E-state index in [0.29, 0.717) is 5.56 Å². The van der Waals surface area contributed by atoms with Crippen molar-refractivity contribution >= 4 is 17.6 Å². The Morgan fingerprint density at radius 3 is 2.42 bits per heavy atom. The van der Waals surface area contributed by atoms with Gasteiger partial charge >= 0.3 is 12.1 Å². The number of halogens is 4. The van der Waals surface area contributed by atoms with Crippen molar-refractivity contribution in [3.63, 3.8) is 0 Å². The number of para-hydroxylation sites is 1. The Hall–Kier alpha value is -3.33. The van der Waals surface area contributed by atoms with Crippen molar-refractivity contribution in [3.8, 4) is 11.4 Å². The van der Waals surface area contributed by atoms with E-state index in [0.717, 1.165) is 22.9 Å². The van der Waals surface area contributed by atoms with Crippen molar-refractivity contribution in [2.75, 3.05) is 6.61 Å². The molecule has 1 aromatic heterocycles. The quantitative estimate of drug-likeness (QED) is 0.509. The lowest BCUT2D eigenvalue weighted by Crippen LogP contribution is -2.25. The smallest absolute Gasteiger partial charge is 0.416 e. The maximum absolute atomic E-state index is 12.7. The molecule has 1 heterocycles. The molecule has 0 aliphatic heterocycles. The van der Waals surface area contributed by atoms with Crippen molar-refractivity contribution in [3.05, 3.63) is 86.8 Å². The highest BCUT2D eigenvalue weighted by molar-refractivity contribution is 6.32. The van der Waals surface area contributed by atoms with Crippen molar-refractivity contribution in [1.29, 1.82) is 0 Å². The van der Waals surface area contributed by atoms with Gasteiger partial charge in [0, 0.05) is 0 Å².